The van der Waals surface area contributed by atoms with Gasteiger partial charge in [-0.1, -0.05) is 39.3 Å². The van der Waals surface area contributed by atoms with Gasteiger partial charge in [-0.2, -0.15) is 0 Å². The maximum Gasteiger partial charge on any atom is 0.0210 e. The van der Waals surface area contributed by atoms with Crippen molar-refractivity contribution >= 4 is 0 Å². The Morgan fingerprint density at radius 3 is 1.93 bits per heavy atom. The highest BCUT2D eigenvalue weighted by atomic mass is 14.9. The summed E-state index contributed by atoms with van der Waals surface area (Å²) in [5, 5.41) is 3.41. The lowest BCUT2D eigenvalue weighted by Gasteiger charge is -2.43. The summed E-state index contributed by atoms with van der Waals surface area (Å²) in [6.45, 7) is 13.6. The maximum absolute atomic E-state index is 3.41. The predicted molar refractivity (Wildman–Crippen MR) is 65.6 cm³/mol. The van der Waals surface area contributed by atoms with Crippen LogP contribution in [0.2, 0.25) is 0 Å². The highest BCUT2D eigenvalue weighted by Crippen LogP contribution is 2.39. The SMILES string of the molecule is CC/C=C(\CC)C(C)(C)C(C)(C)NC. The third-order valence-corrected chi connectivity index (χ3v) is 3.82. The molecule has 0 aliphatic carbocycles. The van der Waals surface area contributed by atoms with Crippen LogP contribution in [-0.4, -0.2) is 12.6 Å². The Kier molecular flexibility index (Phi) is 4.87. The van der Waals surface area contributed by atoms with Gasteiger partial charge in [0, 0.05) is 11.0 Å². The van der Waals surface area contributed by atoms with Gasteiger partial charge in [0.1, 0.15) is 0 Å². The molecule has 0 aromatic rings. The van der Waals surface area contributed by atoms with Crippen LogP contribution in [0.1, 0.15) is 54.4 Å². The molecule has 14 heavy (non-hydrogen) atoms. The fourth-order valence-electron chi connectivity index (χ4n) is 1.80. The Morgan fingerprint density at radius 1 is 1.14 bits per heavy atom. The third kappa shape index (κ3) is 2.60. The summed E-state index contributed by atoms with van der Waals surface area (Å²) in [5.74, 6) is 0. The minimum Gasteiger partial charge on any atom is -0.314 e. The minimum atomic E-state index is 0.143. The lowest BCUT2D eigenvalue weighted by molar-refractivity contribution is 0.204. The van der Waals surface area contributed by atoms with Crippen molar-refractivity contribution in [2.75, 3.05) is 7.05 Å². The number of nitrogens with one attached hydrogen (secondary N) is 1. The van der Waals surface area contributed by atoms with Crippen molar-refractivity contribution < 1.29 is 0 Å². The second-order valence-electron chi connectivity index (χ2n) is 4.99. The molecule has 84 valence electrons. The van der Waals surface area contributed by atoms with Gasteiger partial charge >= 0.3 is 0 Å². The summed E-state index contributed by atoms with van der Waals surface area (Å²) in [5.41, 5.74) is 1.91. The van der Waals surface area contributed by atoms with E-state index in [-0.39, 0.29) is 11.0 Å². The van der Waals surface area contributed by atoms with Gasteiger partial charge in [0.15, 0.2) is 0 Å². The molecule has 0 aliphatic rings. The molecule has 0 saturated heterocycles. The summed E-state index contributed by atoms with van der Waals surface area (Å²) in [6, 6.07) is 0. The van der Waals surface area contributed by atoms with Crippen molar-refractivity contribution in [2.45, 2.75) is 59.9 Å². The van der Waals surface area contributed by atoms with Crippen LogP contribution in [0.25, 0.3) is 0 Å². The summed E-state index contributed by atoms with van der Waals surface area (Å²) in [7, 11) is 2.04. The van der Waals surface area contributed by atoms with E-state index in [0.717, 1.165) is 12.8 Å². The number of hydrogen-bond donors (Lipinski definition) is 1. The van der Waals surface area contributed by atoms with E-state index < -0.39 is 0 Å². The highest BCUT2D eigenvalue weighted by molar-refractivity contribution is 5.18. The molecule has 0 spiro atoms. The fourth-order valence-corrected chi connectivity index (χ4v) is 1.80. The normalized spacial score (nSPS) is 14.6. The van der Waals surface area contributed by atoms with E-state index in [1.54, 1.807) is 5.57 Å². The van der Waals surface area contributed by atoms with E-state index in [9.17, 15) is 0 Å². The van der Waals surface area contributed by atoms with Crippen LogP contribution in [0.5, 0.6) is 0 Å². The first-order chi connectivity index (χ1) is 6.33. The molecule has 0 rings (SSSR count). The van der Waals surface area contributed by atoms with Gasteiger partial charge in [-0.25, -0.2) is 0 Å². The molecule has 1 nitrogen and oxygen atoms in total. The maximum atomic E-state index is 3.41. The standard InChI is InChI=1S/C13H27N/c1-8-10-11(9-2)12(3,4)13(5,6)14-7/h10,14H,8-9H2,1-7H3/b11-10+. The van der Waals surface area contributed by atoms with Gasteiger partial charge in [0.05, 0.1) is 0 Å². The number of rotatable bonds is 5. The predicted octanol–water partition coefficient (Wildman–Crippen LogP) is 3.76. The monoisotopic (exact) mass is 197 g/mol. The van der Waals surface area contributed by atoms with Crippen molar-refractivity contribution in [3.05, 3.63) is 11.6 Å². The first-order valence-electron chi connectivity index (χ1n) is 5.71. The molecule has 0 heterocycles. The molecule has 0 fully saturated rings. The second kappa shape index (κ2) is 4.97. The highest BCUT2D eigenvalue weighted by Gasteiger charge is 2.37. The zero-order chi connectivity index (χ0) is 11.4. The van der Waals surface area contributed by atoms with Crippen LogP contribution in [0.4, 0.5) is 0 Å². The Morgan fingerprint density at radius 2 is 1.64 bits per heavy atom. The van der Waals surface area contributed by atoms with E-state index in [1.165, 1.54) is 0 Å². The van der Waals surface area contributed by atoms with Crippen LogP contribution in [0, 0.1) is 5.41 Å². The third-order valence-electron chi connectivity index (χ3n) is 3.82. The van der Waals surface area contributed by atoms with Gasteiger partial charge in [-0.15, -0.1) is 0 Å². The topological polar surface area (TPSA) is 12.0 Å². The molecule has 0 bridgehead atoms. The van der Waals surface area contributed by atoms with Crippen molar-refractivity contribution in [1.82, 2.24) is 5.32 Å². The van der Waals surface area contributed by atoms with Gasteiger partial charge in [0.2, 0.25) is 0 Å². The quantitative estimate of drug-likeness (QED) is 0.662. The van der Waals surface area contributed by atoms with E-state index in [4.69, 9.17) is 0 Å². The molecule has 0 unspecified atom stereocenters. The minimum absolute atomic E-state index is 0.143. The van der Waals surface area contributed by atoms with E-state index in [2.05, 4.69) is 52.9 Å². The van der Waals surface area contributed by atoms with E-state index >= 15 is 0 Å². The van der Waals surface area contributed by atoms with Crippen molar-refractivity contribution in [2.24, 2.45) is 5.41 Å². The van der Waals surface area contributed by atoms with Crippen LogP contribution in [0.3, 0.4) is 0 Å². The average molecular weight is 197 g/mol. The Hall–Kier alpha value is -0.300. The average Bonchev–Trinajstić information content (AvgIpc) is 2.13. The van der Waals surface area contributed by atoms with Crippen LogP contribution in [-0.2, 0) is 0 Å². The zero-order valence-electron chi connectivity index (χ0n) is 11.0. The first-order valence-corrected chi connectivity index (χ1v) is 5.71. The lowest BCUT2D eigenvalue weighted by Crippen LogP contribution is -2.50. The Bertz CT molecular complexity index is 199. The molecule has 0 saturated carbocycles. The smallest absolute Gasteiger partial charge is 0.0210 e. The van der Waals surface area contributed by atoms with Gasteiger partial charge in [-0.3, -0.25) is 0 Å². The Labute approximate surface area is 90.0 Å². The van der Waals surface area contributed by atoms with Crippen molar-refractivity contribution in [3.8, 4) is 0 Å². The van der Waals surface area contributed by atoms with Gasteiger partial charge < -0.3 is 5.32 Å². The second-order valence-corrected chi connectivity index (χ2v) is 4.99. The summed E-state index contributed by atoms with van der Waals surface area (Å²) < 4.78 is 0. The molecule has 0 atom stereocenters. The fraction of sp³-hybridized carbons (Fsp3) is 0.846. The van der Waals surface area contributed by atoms with E-state index in [1.807, 2.05) is 7.05 Å². The molecule has 0 aliphatic heterocycles. The van der Waals surface area contributed by atoms with Gasteiger partial charge in [0.25, 0.3) is 0 Å². The molecule has 0 aromatic carbocycles. The summed E-state index contributed by atoms with van der Waals surface area (Å²) in [4.78, 5) is 0. The number of hydrogen-bond acceptors (Lipinski definition) is 1. The van der Waals surface area contributed by atoms with E-state index in [0.29, 0.717) is 0 Å². The van der Waals surface area contributed by atoms with Crippen molar-refractivity contribution in [3.63, 3.8) is 0 Å². The molecular formula is C13H27N. The molecule has 0 aromatic heterocycles. The van der Waals surface area contributed by atoms with Crippen LogP contribution in [0.15, 0.2) is 11.6 Å². The lowest BCUT2D eigenvalue weighted by atomic mass is 9.68. The molecular weight excluding hydrogens is 170 g/mol. The summed E-state index contributed by atoms with van der Waals surface area (Å²) >= 11 is 0. The molecule has 1 heteroatoms. The largest absolute Gasteiger partial charge is 0.314 e. The van der Waals surface area contributed by atoms with Crippen LogP contribution >= 0.6 is 0 Å². The molecule has 1 N–H and O–H groups in total. The Balaban J connectivity index is 5.00. The van der Waals surface area contributed by atoms with Crippen LogP contribution < -0.4 is 5.32 Å². The zero-order valence-corrected chi connectivity index (χ0v) is 11.0. The molecule has 0 amide bonds. The van der Waals surface area contributed by atoms with Crippen molar-refractivity contribution in [1.29, 1.82) is 0 Å². The van der Waals surface area contributed by atoms with Gasteiger partial charge in [-0.05, 0) is 33.7 Å². The summed E-state index contributed by atoms with van der Waals surface area (Å²) in [6.07, 6.45) is 4.65. The number of allylic oxidation sites excluding steroid dienone is 1. The first kappa shape index (κ1) is 13.7. The molecule has 0 radical (unpaired) electrons.